The molecule has 0 bridgehead atoms. The molecule has 20 heavy (non-hydrogen) atoms. The van der Waals surface area contributed by atoms with Gasteiger partial charge in [-0.2, -0.15) is 0 Å². The molecule has 4 nitrogen and oxygen atoms in total. The lowest BCUT2D eigenvalue weighted by molar-refractivity contribution is -0.145. The Morgan fingerprint density at radius 2 is 2.10 bits per heavy atom. The number of nitrogens with one attached hydrogen (secondary N) is 1. The van der Waals surface area contributed by atoms with Crippen LogP contribution in [0.5, 0.6) is 5.75 Å². The second kappa shape index (κ2) is 8.59. The molecule has 0 amide bonds. The molecule has 1 aromatic rings. The molecule has 0 fully saturated rings. The number of aryl methyl sites for hydroxylation is 1. The summed E-state index contributed by atoms with van der Waals surface area (Å²) in [5.41, 5.74) is 2.24. The van der Waals surface area contributed by atoms with Gasteiger partial charge in [-0.05, 0) is 32.4 Å². The van der Waals surface area contributed by atoms with Crippen molar-refractivity contribution in [2.45, 2.75) is 34.2 Å². The van der Waals surface area contributed by atoms with Crippen molar-refractivity contribution in [2.24, 2.45) is 5.92 Å². The molecule has 0 spiro atoms. The van der Waals surface area contributed by atoms with Gasteiger partial charge in [0.05, 0.1) is 6.61 Å². The zero-order valence-electron chi connectivity index (χ0n) is 12.9. The maximum absolute atomic E-state index is 11.3. The Balaban J connectivity index is 2.62. The fourth-order valence-corrected chi connectivity index (χ4v) is 1.82. The Kier molecular flexibility index (Phi) is 7.09. The largest absolute Gasteiger partial charge is 0.482 e. The molecule has 0 aliphatic carbocycles. The van der Waals surface area contributed by atoms with E-state index in [0.29, 0.717) is 12.5 Å². The summed E-state index contributed by atoms with van der Waals surface area (Å²) in [4.78, 5) is 11.3. The molecule has 0 heterocycles. The first kappa shape index (κ1) is 16.5. The van der Waals surface area contributed by atoms with Crippen LogP contribution in [0.2, 0.25) is 0 Å². The van der Waals surface area contributed by atoms with Crippen LogP contribution in [0.1, 0.15) is 31.9 Å². The van der Waals surface area contributed by atoms with Crippen LogP contribution in [0.4, 0.5) is 0 Å². The number of benzene rings is 1. The summed E-state index contributed by atoms with van der Waals surface area (Å²) in [7, 11) is 0. The monoisotopic (exact) mass is 279 g/mol. The number of hydrogen-bond acceptors (Lipinski definition) is 4. The lowest BCUT2D eigenvalue weighted by Crippen LogP contribution is -2.20. The molecule has 1 rings (SSSR count). The molecule has 0 saturated heterocycles. The Morgan fingerprint density at radius 3 is 2.75 bits per heavy atom. The predicted molar refractivity (Wildman–Crippen MR) is 79.9 cm³/mol. The first-order valence-electron chi connectivity index (χ1n) is 7.11. The fourth-order valence-electron chi connectivity index (χ4n) is 1.82. The fraction of sp³-hybridized carbons (Fsp3) is 0.562. The molecule has 0 radical (unpaired) electrons. The summed E-state index contributed by atoms with van der Waals surface area (Å²) in [6.07, 6.45) is 0. The third-order valence-electron chi connectivity index (χ3n) is 2.73. The van der Waals surface area contributed by atoms with Gasteiger partial charge < -0.3 is 14.8 Å². The van der Waals surface area contributed by atoms with E-state index in [9.17, 15) is 4.79 Å². The van der Waals surface area contributed by atoms with Crippen molar-refractivity contribution in [3.8, 4) is 5.75 Å². The van der Waals surface area contributed by atoms with Crippen molar-refractivity contribution in [3.05, 3.63) is 29.3 Å². The minimum absolute atomic E-state index is 0.0475. The summed E-state index contributed by atoms with van der Waals surface area (Å²) in [5, 5.41) is 3.39. The highest BCUT2D eigenvalue weighted by Gasteiger charge is 2.08. The number of rotatable bonds is 8. The molecule has 4 heteroatoms. The van der Waals surface area contributed by atoms with Crippen molar-refractivity contribution in [2.75, 3.05) is 19.8 Å². The molecule has 1 aromatic carbocycles. The van der Waals surface area contributed by atoms with Crippen LogP contribution >= 0.6 is 0 Å². The second-order valence-electron chi connectivity index (χ2n) is 5.23. The van der Waals surface area contributed by atoms with Gasteiger partial charge in [0, 0.05) is 12.1 Å². The molecule has 0 saturated carbocycles. The Labute approximate surface area is 121 Å². The predicted octanol–water partition coefficient (Wildman–Crippen LogP) is 2.68. The first-order valence-corrected chi connectivity index (χ1v) is 7.11. The molecule has 0 aliphatic rings. The third kappa shape index (κ3) is 6.06. The smallest absolute Gasteiger partial charge is 0.344 e. The summed E-state index contributed by atoms with van der Waals surface area (Å²) >= 11 is 0. The van der Waals surface area contributed by atoms with Gasteiger partial charge in [0.15, 0.2) is 6.61 Å². The summed E-state index contributed by atoms with van der Waals surface area (Å²) in [6.45, 7) is 10.2. The summed E-state index contributed by atoms with van der Waals surface area (Å²) in [5.74, 6) is 0.998. The van der Waals surface area contributed by atoms with E-state index in [1.807, 2.05) is 19.1 Å². The van der Waals surface area contributed by atoms with Gasteiger partial charge in [0.25, 0.3) is 0 Å². The normalized spacial score (nSPS) is 10.7. The van der Waals surface area contributed by atoms with Crippen molar-refractivity contribution < 1.29 is 14.3 Å². The highest BCUT2D eigenvalue weighted by atomic mass is 16.6. The van der Waals surface area contributed by atoms with Gasteiger partial charge in [0.2, 0.25) is 0 Å². The van der Waals surface area contributed by atoms with E-state index in [-0.39, 0.29) is 12.6 Å². The van der Waals surface area contributed by atoms with E-state index in [2.05, 4.69) is 25.2 Å². The third-order valence-corrected chi connectivity index (χ3v) is 2.73. The number of carbonyl (C=O) groups excluding carboxylic acids is 1. The minimum Gasteiger partial charge on any atom is -0.482 e. The number of carbonyl (C=O) groups is 1. The van der Waals surface area contributed by atoms with Crippen molar-refractivity contribution >= 4 is 5.97 Å². The van der Waals surface area contributed by atoms with Gasteiger partial charge in [-0.1, -0.05) is 31.5 Å². The van der Waals surface area contributed by atoms with E-state index in [1.54, 1.807) is 6.92 Å². The molecule has 0 aromatic heterocycles. The highest BCUT2D eigenvalue weighted by Crippen LogP contribution is 2.20. The molecule has 1 N–H and O–H groups in total. The second-order valence-corrected chi connectivity index (χ2v) is 5.23. The van der Waals surface area contributed by atoms with E-state index < -0.39 is 0 Å². The van der Waals surface area contributed by atoms with Crippen LogP contribution in [0.25, 0.3) is 0 Å². The van der Waals surface area contributed by atoms with Crippen molar-refractivity contribution in [1.82, 2.24) is 5.32 Å². The summed E-state index contributed by atoms with van der Waals surface area (Å²) < 4.78 is 10.4. The highest BCUT2D eigenvalue weighted by molar-refractivity contribution is 5.71. The standard InChI is InChI=1S/C16H25NO3/c1-5-19-16(18)11-20-15-7-6-13(4)8-14(15)10-17-9-12(2)3/h6-8,12,17H,5,9-11H2,1-4H3. The van der Waals surface area contributed by atoms with Gasteiger partial charge in [-0.25, -0.2) is 4.79 Å². The SMILES string of the molecule is CCOC(=O)COc1ccc(C)cc1CNCC(C)C. The zero-order chi connectivity index (χ0) is 15.0. The maximum Gasteiger partial charge on any atom is 0.344 e. The number of hydrogen-bond donors (Lipinski definition) is 1. The van der Waals surface area contributed by atoms with Crippen LogP contribution in [0.15, 0.2) is 18.2 Å². The van der Waals surface area contributed by atoms with Crippen LogP contribution in [0.3, 0.4) is 0 Å². The average molecular weight is 279 g/mol. The summed E-state index contributed by atoms with van der Waals surface area (Å²) in [6, 6.07) is 5.96. The quantitative estimate of drug-likeness (QED) is 0.743. The van der Waals surface area contributed by atoms with E-state index in [4.69, 9.17) is 9.47 Å². The zero-order valence-corrected chi connectivity index (χ0v) is 12.9. The minimum atomic E-state index is -0.339. The molecule has 0 unspecified atom stereocenters. The molecular weight excluding hydrogens is 254 g/mol. The lowest BCUT2D eigenvalue weighted by atomic mass is 10.1. The van der Waals surface area contributed by atoms with Gasteiger partial charge in [-0.15, -0.1) is 0 Å². The Hall–Kier alpha value is -1.55. The van der Waals surface area contributed by atoms with Crippen LogP contribution < -0.4 is 10.1 Å². The van der Waals surface area contributed by atoms with Gasteiger partial charge in [0.1, 0.15) is 5.75 Å². The average Bonchev–Trinajstić information content (AvgIpc) is 2.37. The van der Waals surface area contributed by atoms with Crippen molar-refractivity contribution in [3.63, 3.8) is 0 Å². The molecule has 112 valence electrons. The lowest BCUT2D eigenvalue weighted by Gasteiger charge is -2.13. The molecular formula is C16H25NO3. The molecule has 0 atom stereocenters. The van der Waals surface area contributed by atoms with E-state index >= 15 is 0 Å². The van der Waals surface area contributed by atoms with E-state index in [1.165, 1.54) is 5.56 Å². The van der Waals surface area contributed by atoms with Crippen LogP contribution in [-0.2, 0) is 16.1 Å². The van der Waals surface area contributed by atoms with Crippen LogP contribution in [-0.4, -0.2) is 25.7 Å². The number of ether oxygens (including phenoxy) is 2. The topological polar surface area (TPSA) is 47.6 Å². The van der Waals surface area contributed by atoms with Gasteiger partial charge >= 0.3 is 5.97 Å². The first-order chi connectivity index (χ1) is 9.52. The number of esters is 1. The van der Waals surface area contributed by atoms with Crippen molar-refractivity contribution in [1.29, 1.82) is 0 Å². The van der Waals surface area contributed by atoms with Crippen LogP contribution in [0, 0.1) is 12.8 Å². The maximum atomic E-state index is 11.3. The molecule has 0 aliphatic heterocycles. The Bertz CT molecular complexity index is 430. The van der Waals surface area contributed by atoms with Gasteiger partial charge in [-0.3, -0.25) is 0 Å². The Morgan fingerprint density at radius 1 is 1.35 bits per heavy atom. The van der Waals surface area contributed by atoms with E-state index in [0.717, 1.165) is 24.4 Å².